The summed E-state index contributed by atoms with van der Waals surface area (Å²) in [7, 11) is 0. The SMILES string of the molecule is O=Cc1nnn(Cc2ccccc2F)c1-c1cccc(Cl)c1. The van der Waals surface area contributed by atoms with Crippen molar-refractivity contribution in [3.05, 3.63) is 70.6 Å². The minimum absolute atomic E-state index is 0.176. The van der Waals surface area contributed by atoms with Crippen LogP contribution >= 0.6 is 11.6 Å². The van der Waals surface area contributed by atoms with Gasteiger partial charge in [-0.1, -0.05) is 47.1 Å². The minimum Gasteiger partial charge on any atom is -0.296 e. The standard InChI is InChI=1S/C16H11ClFN3O/c17-13-6-3-5-11(8-13)16-15(10-22)19-20-21(16)9-12-4-1-2-7-14(12)18/h1-8,10H,9H2. The summed E-state index contributed by atoms with van der Waals surface area (Å²) in [5.74, 6) is -0.331. The summed E-state index contributed by atoms with van der Waals surface area (Å²) < 4.78 is 15.3. The molecule has 1 aromatic heterocycles. The van der Waals surface area contributed by atoms with Crippen LogP contribution in [-0.2, 0) is 6.54 Å². The Hall–Kier alpha value is -2.53. The van der Waals surface area contributed by atoms with Crippen molar-refractivity contribution in [1.82, 2.24) is 15.0 Å². The van der Waals surface area contributed by atoms with Crippen molar-refractivity contribution in [3.8, 4) is 11.3 Å². The van der Waals surface area contributed by atoms with Crippen molar-refractivity contribution < 1.29 is 9.18 Å². The number of aromatic nitrogens is 3. The topological polar surface area (TPSA) is 47.8 Å². The lowest BCUT2D eigenvalue weighted by atomic mass is 10.1. The van der Waals surface area contributed by atoms with Crippen molar-refractivity contribution in [2.24, 2.45) is 0 Å². The van der Waals surface area contributed by atoms with Crippen LogP contribution in [-0.4, -0.2) is 21.3 Å². The molecular formula is C16H11ClFN3O. The van der Waals surface area contributed by atoms with Crippen molar-refractivity contribution in [2.45, 2.75) is 6.54 Å². The quantitative estimate of drug-likeness (QED) is 0.691. The molecule has 6 heteroatoms. The second kappa shape index (κ2) is 6.07. The number of carbonyl (C=O) groups is 1. The second-order valence-electron chi connectivity index (χ2n) is 4.70. The maximum Gasteiger partial charge on any atom is 0.172 e. The molecule has 0 saturated carbocycles. The molecule has 110 valence electrons. The van der Waals surface area contributed by atoms with Gasteiger partial charge in [0.2, 0.25) is 0 Å². The van der Waals surface area contributed by atoms with Gasteiger partial charge >= 0.3 is 0 Å². The number of aldehydes is 1. The molecule has 0 aliphatic rings. The Morgan fingerprint density at radius 2 is 2.00 bits per heavy atom. The largest absolute Gasteiger partial charge is 0.296 e. The molecule has 22 heavy (non-hydrogen) atoms. The third-order valence-corrected chi connectivity index (χ3v) is 3.48. The van der Waals surface area contributed by atoms with Gasteiger partial charge in [0.25, 0.3) is 0 Å². The molecule has 0 unspecified atom stereocenters. The maximum atomic E-state index is 13.8. The van der Waals surface area contributed by atoms with E-state index in [1.54, 1.807) is 42.5 Å². The Morgan fingerprint density at radius 3 is 2.73 bits per heavy atom. The molecule has 0 radical (unpaired) electrons. The molecule has 0 fully saturated rings. The summed E-state index contributed by atoms with van der Waals surface area (Å²) in [6.07, 6.45) is 0.626. The average Bonchev–Trinajstić information content (AvgIpc) is 2.92. The number of halogens is 2. The lowest BCUT2D eigenvalue weighted by molar-refractivity contribution is 0.111. The van der Waals surface area contributed by atoms with E-state index in [2.05, 4.69) is 10.3 Å². The Balaban J connectivity index is 2.08. The summed E-state index contributed by atoms with van der Waals surface area (Å²) in [6.45, 7) is 0.176. The third-order valence-electron chi connectivity index (χ3n) is 3.25. The molecule has 3 rings (SSSR count). The molecule has 1 heterocycles. The van der Waals surface area contributed by atoms with Gasteiger partial charge in [0, 0.05) is 16.1 Å². The number of benzene rings is 2. The smallest absolute Gasteiger partial charge is 0.172 e. The molecule has 0 N–H and O–H groups in total. The summed E-state index contributed by atoms with van der Waals surface area (Å²) in [5, 5.41) is 8.34. The molecule has 0 spiro atoms. The molecule has 0 aliphatic carbocycles. The van der Waals surface area contributed by atoms with Crippen LogP contribution in [0.25, 0.3) is 11.3 Å². The number of carbonyl (C=O) groups excluding carboxylic acids is 1. The Bertz CT molecular complexity index is 832. The van der Waals surface area contributed by atoms with Crippen LogP contribution in [0.3, 0.4) is 0 Å². The number of nitrogens with zero attached hydrogens (tertiary/aromatic N) is 3. The molecule has 0 amide bonds. The lowest BCUT2D eigenvalue weighted by Crippen LogP contribution is -2.06. The van der Waals surface area contributed by atoms with Crippen LogP contribution in [0, 0.1) is 5.82 Å². The van der Waals surface area contributed by atoms with Gasteiger partial charge in [-0.05, 0) is 18.2 Å². The van der Waals surface area contributed by atoms with Gasteiger partial charge in [0.15, 0.2) is 12.0 Å². The van der Waals surface area contributed by atoms with Gasteiger partial charge in [-0.15, -0.1) is 5.10 Å². The molecular weight excluding hydrogens is 305 g/mol. The average molecular weight is 316 g/mol. The van der Waals surface area contributed by atoms with Gasteiger partial charge in [0.1, 0.15) is 5.82 Å². The fourth-order valence-electron chi connectivity index (χ4n) is 2.24. The molecule has 0 aliphatic heterocycles. The molecule has 0 saturated heterocycles. The van der Waals surface area contributed by atoms with Crippen LogP contribution < -0.4 is 0 Å². The van der Waals surface area contributed by atoms with Crippen LogP contribution in [0.5, 0.6) is 0 Å². The number of hydrogen-bond donors (Lipinski definition) is 0. The van der Waals surface area contributed by atoms with Crippen molar-refractivity contribution in [3.63, 3.8) is 0 Å². The van der Waals surface area contributed by atoms with Crippen LogP contribution in [0.4, 0.5) is 4.39 Å². The first-order valence-electron chi connectivity index (χ1n) is 6.57. The monoisotopic (exact) mass is 315 g/mol. The highest BCUT2D eigenvalue weighted by Crippen LogP contribution is 2.25. The van der Waals surface area contributed by atoms with Crippen molar-refractivity contribution >= 4 is 17.9 Å². The predicted molar refractivity (Wildman–Crippen MR) is 81.4 cm³/mol. The first kappa shape index (κ1) is 14.4. The molecule has 3 aromatic rings. The van der Waals surface area contributed by atoms with Crippen LogP contribution in [0.1, 0.15) is 16.1 Å². The van der Waals surface area contributed by atoms with Gasteiger partial charge in [-0.3, -0.25) is 4.79 Å². The molecule has 2 aromatic carbocycles. The van der Waals surface area contributed by atoms with E-state index in [1.165, 1.54) is 10.7 Å². The fourth-order valence-corrected chi connectivity index (χ4v) is 2.43. The van der Waals surface area contributed by atoms with E-state index < -0.39 is 0 Å². The van der Waals surface area contributed by atoms with E-state index in [9.17, 15) is 9.18 Å². The van der Waals surface area contributed by atoms with E-state index in [-0.39, 0.29) is 18.1 Å². The molecule has 4 nitrogen and oxygen atoms in total. The van der Waals surface area contributed by atoms with E-state index in [0.29, 0.717) is 28.1 Å². The third kappa shape index (κ3) is 2.76. The first-order chi connectivity index (χ1) is 10.7. The van der Waals surface area contributed by atoms with E-state index >= 15 is 0 Å². The van der Waals surface area contributed by atoms with Crippen LogP contribution in [0.2, 0.25) is 5.02 Å². The minimum atomic E-state index is -0.331. The Labute approximate surface area is 131 Å². The van der Waals surface area contributed by atoms with E-state index in [0.717, 1.165) is 0 Å². The van der Waals surface area contributed by atoms with Crippen molar-refractivity contribution in [1.29, 1.82) is 0 Å². The summed E-state index contributed by atoms with van der Waals surface area (Å²) in [6, 6.07) is 13.4. The van der Waals surface area contributed by atoms with Gasteiger partial charge in [-0.2, -0.15) is 0 Å². The van der Waals surface area contributed by atoms with Gasteiger partial charge in [-0.25, -0.2) is 9.07 Å². The Kier molecular flexibility index (Phi) is 3.98. The molecule has 0 bridgehead atoms. The first-order valence-corrected chi connectivity index (χ1v) is 6.95. The zero-order valence-corrected chi connectivity index (χ0v) is 12.2. The predicted octanol–water partition coefficient (Wildman–Crippen LogP) is 3.60. The van der Waals surface area contributed by atoms with E-state index in [1.807, 2.05) is 0 Å². The highest BCUT2D eigenvalue weighted by atomic mass is 35.5. The van der Waals surface area contributed by atoms with Crippen LogP contribution in [0.15, 0.2) is 48.5 Å². The highest BCUT2D eigenvalue weighted by molar-refractivity contribution is 6.30. The zero-order chi connectivity index (χ0) is 15.5. The maximum absolute atomic E-state index is 13.8. The van der Waals surface area contributed by atoms with Gasteiger partial charge < -0.3 is 0 Å². The summed E-state index contributed by atoms with van der Waals surface area (Å²) in [5.41, 5.74) is 1.88. The Morgan fingerprint density at radius 1 is 1.18 bits per heavy atom. The second-order valence-corrected chi connectivity index (χ2v) is 5.14. The molecule has 0 atom stereocenters. The summed E-state index contributed by atoms with van der Waals surface area (Å²) >= 11 is 6.00. The van der Waals surface area contributed by atoms with E-state index in [4.69, 9.17) is 11.6 Å². The van der Waals surface area contributed by atoms with Gasteiger partial charge in [0.05, 0.1) is 12.2 Å². The fraction of sp³-hybridized carbons (Fsp3) is 0.0625. The zero-order valence-electron chi connectivity index (χ0n) is 11.4. The number of rotatable bonds is 4. The summed E-state index contributed by atoms with van der Waals surface area (Å²) in [4.78, 5) is 11.2. The number of hydrogen-bond acceptors (Lipinski definition) is 3. The normalized spacial score (nSPS) is 10.6. The lowest BCUT2D eigenvalue weighted by Gasteiger charge is -2.08. The highest BCUT2D eigenvalue weighted by Gasteiger charge is 2.16. The van der Waals surface area contributed by atoms with Crippen molar-refractivity contribution in [2.75, 3.05) is 0 Å².